The first-order valence-corrected chi connectivity index (χ1v) is 8.94. The molecule has 1 aromatic rings. The van der Waals surface area contributed by atoms with Crippen molar-refractivity contribution in [2.24, 2.45) is 0 Å². The first-order valence-electron chi connectivity index (χ1n) is 8.94. The standard InChI is InChI=1S/C18H28N4O2/c1-3-5-14(2)22-13-18(24-17(22)23)7-10-21(11-8-18)12-15-6-4-9-20-16(15)19/h4,6,9,14H,3,5,7-8,10-13H2,1-2H3,(H2,19,20)/t14-/m0/s1. The Morgan fingerprint density at radius 3 is 2.83 bits per heavy atom. The number of carbonyl (C=O) groups excluding carboxylic acids is 1. The van der Waals surface area contributed by atoms with Gasteiger partial charge in [-0.2, -0.15) is 0 Å². The number of nitrogens with two attached hydrogens (primary N) is 1. The van der Waals surface area contributed by atoms with Crippen LogP contribution in [0.1, 0.15) is 45.1 Å². The van der Waals surface area contributed by atoms with Gasteiger partial charge in [0, 0.05) is 50.3 Å². The van der Waals surface area contributed by atoms with Gasteiger partial charge in [-0.25, -0.2) is 9.78 Å². The number of hydrogen-bond acceptors (Lipinski definition) is 5. The molecule has 0 aromatic carbocycles. The third-order valence-corrected chi connectivity index (χ3v) is 5.32. The molecule has 1 amide bonds. The summed E-state index contributed by atoms with van der Waals surface area (Å²) >= 11 is 0. The highest BCUT2D eigenvalue weighted by atomic mass is 16.6. The Balaban J connectivity index is 1.57. The van der Waals surface area contributed by atoms with Crippen LogP contribution >= 0.6 is 0 Å². The third kappa shape index (κ3) is 3.48. The molecule has 1 atom stereocenters. The summed E-state index contributed by atoms with van der Waals surface area (Å²) in [5.41, 5.74) is 6.71. The van der Waals surface area contributed by atoms with E-state index in [0.29, 0.717) is 5.82 Å². The molecule has 132 valence electrons. The van der Waals surface area contributed by atoms with Crippen LogP contribution in [0.25, 0.3) is 0 Å². The van der Waals surface area contributed by atoms with Crippen molar-refractivity contribution in [3.8, 4) is 0 Å². The minimum absolute atomic E-state index is 0.138. The van der Waals surface area contributed by atoms with E-state index in [4.69, 9.17) is 10.5 Å². The summed E-state index contributed by atoms with van der Waals surface area (Å²) in [6.07, 6.45) is 5.45. The lowest BCUT2D eigenvalue weighted by Gasteiger charge is -2.37. The van der Waals surface area contributed by atoms with Gasteiger partial charge in [0.1, 0.15) is 11.4 Å². The highest BCUT2D eigenvalue weighted by Crippen LogP contribution is 2.35. The van der Waals surface area contributed by atoms with Gasteiger partial charge in [-0.1, -0.05) is 19.4 Å². The topological polar surface area (TPSA) is 71.7 Å². The molecule has 0 bridgehead atoms. The highest BCUT2D eigenvalue weighted by Gasteiger charge is 2.47. The molecule has 1 aromatic heterocycles. The molecule has 2 N–H and O–H groups in total. The fraction of sp³-hybridized carbons (Fsp3) is 0.667. The number of carbonyl (C=O) groups is 1. The van der Waals surface area contributed by atoms with Crippen LogP contribution in [0.15, 0.2) is 18.3 Å². The Labute approximate surface area is 144 Å². The van der Waals surface area contributed by atoms with Gasteiger partial charge in [-0.15, -0.1) is 0 Å². The zero-order valence-corrected chi connectivity index (χ0v) is 14.7. The lowest BCUT2D eigenvalue weighted by molar-refractivity contribution is -0.00128. The Morgan fingerprint density at radius 1 is 1.42 bits per heavy atom. The molecular weight excluding hydrogens is 304 g/mol. The predicted molar refractivity (Wildman–Crippen MR) is 93.4 cm³/mol. The van der Waals surface area contributed by atoms with Crippen LogP contribution < -0.4 is 5.73 Å². The van der Waals surface area contributed by atoms with E-state index < -0.39 is 0 Å². The summed E-state index contributed by atoms with van der Waals surface area (Å²) in [5.74, 6) is 0.602. The smallest absolute Gasteiger partial charge is 0.410 e. The molecule has 1 spiro atoms. The number of anilines is 1. The molecule has 2 saturated heterocycles. The van der Waals surface area contributed by atoms with E-state index in [9.17, 15) is 4.79 Å². The SMILES string of the molecule is CCC[C@H](C)N1CC2(CCN(Cc3cccnc3N)CC2)OC1=O. The maximum Gasteiger partial charge on any atom is 0.410 e. The molecule has 3 heterocycles. The highest BCUT2D eigenvalue weighted by molar-refractivity contribution is 5.71. The number of nitrogen functional groups attached to an aromatic ring is 1. The Bertz CT molecular complexity index is 584. The van der Waals surface area contributed by atoms with E-state index in [0.717, 1.165) is 57.4 Å². The molecule has 24 heavy (non-hydrogen) atoms. The third-order valence-electron chi connectivity index (χ3n) is 5.32. The first kappa shape index (κ1) is 17.0. The van der Waals surface area contributed by atoms with Crippen LogP contribution in [0.5, 0.6) is 0 Å². The Kier molecular flexibility index (Phi) is 4.94. The van der Waals surface area contributed by atoms with Crippen LogP contribution in [0, 0.1) is 0 Å². The Morgan fingerprint density at radius 2 is 2.17 bits per heavy atom. The summed E-state index contributed by atoms with van der Waals surface area (Å²) < 4.78 is 5.82. The predicted octanol–water partition coefficient (Wildman–Crippen LogP) is 2.64. The van der Waals surface area contributed by atoms with Gasteiger partial charge >= 0.3 is 6.09 Å². The minimum atomic E-state index is -0.296. The fourth-order valence-electron chi connectivity index (χ4n) is 3.76. The second kappa shape index (κ2) is 6.97. The van der Waals surface area contributed by atoms with Crippen molar-refractivity contribution < 1.29 is 9.53 Å². The monoisotopic (exact) mass is 332 g/mol. The quantitative estimate of drug-likeness (QED) is 0.897. The number of ether oxygens (including phenoxy) is 1. The maximum atomic E-state index is 12.2. The number of nitrogens with zero attached hydrogens (tertiary/aromatic N) is 3. The average molecular weight is 332 g/mol. The molecule has 0 unspecified atom stereocenters. The lowest BCUT2D eigenvalue weighted by Crippen LogP contribution is -2.47. The van der Waals surface area contributed by atoms with Gasteiger partial charge in [0.05, 0.1) is 6.54 Å². The molecule has 6 nitrogen and oxygen atoms in total. The minimum Gasteiger partial charge on any atom is -0.441 e. The number of pyridine rings is 1. The molecule has 2 fully saturated rings. The zero-order valence-electron chi connectivity index (χ0n) is 14.7. The van der Waals surface area contributed by atoms with E-state index in [1.54, 1.807) is 6.20 Å². The molecule has 0 saturated carbocycles. The summed E-state index contributed by atoms with van der Waals surface area (Å²) in [7, 11) is 0. The second-order valence-electron chi connectivity index (χ2n) is 7.14. The van der Waals surface area contributed by atoms with Gasteiger partial charge in [-0.3, -0.25) is 4.90 Å². The summed E-state index contributed by atoms with van der Waals surface area (Å²) in [6.45, 7) is 7.63. The molecule has 3 rings (SSSR count). The van der Waals surface area contributed by atoms with Crippen LogP contribution in [0.2, 0.25) is 0 Å². The van der Waals surface area contributed by atoms with Crippen molar-refractivity contribution >= 4 is 11.9 Å². The van der Waals surface area contributed by atoms with Gasteiger partial charge < -0.3 is 15.4 Å². The van der Waals surface area contributed by atoms with Crippen molar-refractivity contribution in [1.29, 1.82) is 0 Å². The molecular formula is C18H28N4O2. The second-order valence-corrected chi connectivity index (χ2v) is 7.14. The molecule has 2 aliphatic heterocycles. The van der Waals surface area contributed by atoms with Gasteiger partial charge in [0.2, 0.25) is 0 Å². The average Bonchev–Trinajstić information content (AvgIpc) is 2.89. The fourth-order valence-corrected chi connectivity index (χ4v) is 3.76. The summed E-state index contributed by atoms with van der Waals surface area (Å²) in [4.78, 5) is 20.7. The van der Waals surface area contributed by atoms with Crippen molar-refractivity contribution in [3.63, 3.8) is 0 Å². The van der Waals surface area contributed by atoms with Gasteiger partial charge in [0.15, 0.2) is 0 Å². The van der Waals surface area contributed by atoms with Crippen LogP contribution in [-0.4, -0.2) is 52.2 Å². The molecule has 6 heteroatoms. The van der Waals surface area contributed by atoms with Crippen molar-refractivity contribution in [2.75, 3.05) is 25.4 Å². The first-order chi connectivity index (χ1) is 11.5. The van der Waals surface area contributed by atoms with E-state index in [-0.39, 0.29) is 17.7 Å². The zero-order chi connectivity index (χ0) is 17.2. The summed E-state index contributed by atoms with van der Waals surface area (Å²) in [5, 5.41) is 0. The van der Waals surface area contributed by atoms with Crippen LogP contribution in [-0.2, 0) is 11.3 Å². The number of likely N-dealkylation sites (tertiary alicyclic amines) is 1. The van der Waals surface area contributed by atoms with Crippen molar-refractivity contribution in [1.82, 2.24) is 14.8 Å². The normalized spacial score (nSPS) is 21.9. The van der Waals surface area contributed by atoms with Crippen molar-refractivity contribution in [3.05, 3.63) is 23.9 Å². The van der Waals surface area contributed by atoms with E-state index in [2.05, 4.69) is 23.7 Å². The number of piperidine rings is 1. The number of rotatable bonds is 5. The van der Waals surface area contributed by atoms with Gasteiger partial charge in [-0.05, 0) is 19.4 Å². The molecule has 2 aliphatic rings. The van der Waals surface area contributed by atoms with E-state index in [1.807, 2.05) is 17.0 Å². The molecule has 0 aliphatic carbocycles. The van der Waals surface area contributed by atoms with Crippen LogP contribution in [0.4, 0.5) is 10.6 Å². The van der Waals surface area contributed by atoms with Gasteiger partial charge in [0.25, 0.3) is 0 Å². The number of aromatic nitrogens is 1. The largest absolute Gasteiger partial charge is 0.441 e. The van der Waals surface area contributed by atoms with Crippen molar-refractivity contribution in [2.45, 2.75) is 57.7 Å². The van der Waals surface area contributed by atoms with Crippen LogP contribution in [0.3, 0.4) is 0 Å². The lowest BCUT2D eigenvalue weighted by atomic mass is 9.90. The van der Waals surface area contributed by atoms with E-state index >= 15 is 0 Å². The van der Waals surface area contributed by atoms with E-state index in [1.165, 1.54) is 0 Å². The summed E-state index contributed by atoms with van der Waals surface area (Å²) in [6, 6.07) is 4.20. The maximum absolute atomic E-state index is 12.2. The number of amides is 1. The number of hydrogen-bond donors (Lipinski definition) is 1. The Hall–Kier alpha value is -1.82. The molecule has 0 radical (unpaired) electrons.